The summed E-state index contributed by atoms with van der Waals surface area (Å²) in [5.41, 5.74) is 1.19. The standard InChI is InChI=1S/C14H18F3N/c15-14(16,17)9-4-10-18-13(12-7-8-12)11-5-2-1-3-6-11/h1-3,5-6,12-13,18H,4,7-10H2. The Morgan fingerprint density at radius 2 is 1.83 bits per heavy atom. The Bertz CT molecular complexity index is 357. The van der Waals surface area contributed by atoms with E-state index in [0.29, 0.717) is 12.5 Å². The van der Waals surface area contributed by atoms with Crippen LogP contribution in [0.25, 0.3) is 0 Å². The molecule has 2 rings (SSSR count). The van der Waals surface area contributed by atoms with Crippen molar-refractivity contribution in [2.45, 2.75) is 37.9 Å². The number of halogens is 3. The molecule has 1 nitrogen and oxygen atoms in total. The van der Waals surface area contributed by atoms with Crippen LogP contribution in [-0.2, 0) is 0 Å². The molecule has 0 radical (unpaired) electrons. The molecule has 1 fully saturated rings. The van der Waals surface area contributed by atoms with Crippen molar-refractivity contribution in [1.82, 2.24) is 5.32 Å². The second-order valence-corrected chi connectivity index (χ2v) is 4.90. The Balaban J connectivity index is 1.81. The number of alkyl halides is 3. The molecule has 1 aromatic carbocycles. The molecule has 1 aromatic rings. The molecule has 0 amide bonds. The van der Waals surface area contributed by atoms with Gasteiger partial charge in [0, 0.05) is 12.5 Å². The lowest BCUT2D eigenvalue weighted by atomic mass is 10.0. The SMILES string of the molecule is FC(F)(F)CCCNC(c1ccccc1)C1CC1. The third-order valence-corrected chi connectivity index (χ3v) is 3.25. The molecule has 4 heteroatoms. The molecular formula is C14H18F3N. The van der Waals surface area contributed by atoms with Crippen LogP contribution in [0.4, 0.5) is 13.2 Å². The normalized spacial score (nSPS) is 17.7. The molecule has 1 unspecified atom stereocenters. The van der Waals surface area contributed by atoms with E-state index in [1.807, 2.05) is 30.3 Å². The average molecular weight is 257 g/mol. The summed E-state index contributed by atoms with van der Waals surface area (Å²) in [5.74, 6) is 0.596. The van der Waals surface area contributed by atoms with Crippen LogP contribution in [0.1, 0.15) is 37.3 Å². The highest BCUT2D eigenvalue weighted by molar-refractivity contribution is 5.21. The van der Waals surface area contributed by atoms with Crippen LogP contribution in [0.5, 0.6) is 0 Å². The van der Waals surface area contributed by atoms with Crippen molar-refractivity contribution in [3.63, 3.8) is 0 Å². The molecule has 100 valence electrons. The van der Waals surface area contributed by atoms with E-state index in [2.05, 4.69) is 5.32 Å². The second-order valence-electron chi connectivity index (χ2n) is 4.90. The Morgan fingerprint density at radius 3 is 2.39 bits per heavy atom. The van der Waals surface area contributed by atoms with Gasteiger partial charge in [-0.25, -0.2) is 0 Å². The largest absolute Gasteiger partial charge is 0.389 e. The molecule has 0 heterocycles. The number of nitrogens with one attached hydrogen (secondary N) is 1. The van der Waals surface area contributed by atoms with E-state index in [1.54, 1.807) is 0 Å². The van der Waals surface area contributed by atoms with Gasteiger partial charge in [0.15, 0.2) is 0 Å². The van der Waals surface area contributed by atoms with Gasteiger partial charge in [0.2, 0.25) is 0 Å². The van der Waals surface area contributed by atoms with Crippen molar-refractivity contribution in [2.24, 2.45) is 5.92 Å². The lowest BCUT2D eigenvalue weighted by molar-refractivity contribution is -0.135. The van der Waals surface area contributed by atoms with Crippen LogP contribution in [0.15, 0.2) is 30.3 Å². The van der Waals surface area contributed by atoms with Gasteiger partial charge < -0.3 is 5.32 Å². The van der Waals surface area contributed by atoms with Crippen LogP contribution in [0, 0.1) is 5.92 Å². The van der Waals surface area contributed by atoms with Crippen LogP contribution in [0.2, 0.25) is 0 Å². The maximum Gasteiger partial charge on any atom is 0.389 e. The summed E-state index contributed by atoms with van der Waals surface area (Å²) in [6.07, 6.45) is -2.24. The molecule has 1 aliphatic carbocycles. The van der Waals surface area contributed by atoms with E-state index < -0.39 is 12.6 Å². The van der Waals surface area contributed by atoms with Crippen molar-refractivity contribution >= 4 is 0 Å². The summed E-state index contributed by atoms with van der Waals surface area (Å²) in [5, 5.41) is 3.27. The fourth-order valence-electron chi connectivity index (χ4n) is 2.19. The average Bonchev–Trinajstić information content (AvgIpc) is 3.13. The van der Waals surface area contributed by atoms with E-state index >= 15 is 0 Å². The molecule has 1 atom stereocenters. The fourth-order valence-corrected chi connectivity index (χ4v) is 2.19. The summed E-state index contributed by atoms with van der Waals surface area (Å²) in [6.45, 7) is 0.426. The fraction of sp³-hybridized carbons (Fsp3) is 0.571. The summed E-state index contributed by atoms with van der Waals surface area (Å²) in [7, 11) is 0. The molecule has 0 aromatic heterocycles. The smallest absolute Gasteiger partial charge is 0.310 e. The number of hydrogen-bond donors (Lipinski definition) is 1. The Morgan fingerprint density at radius 1 is 1.17 bits per heavy atom. The Kier molecular flexibility index (Phi) is 4.27. The van der Waals surface area contributed by atoms with Gasteiger partial charge in [-0.1, -0.05) is 30.3 Å². The first-order chi connectivity index (χ1) is 8.56. The van der Waals surface area contributed by atoms with Crippen LogP contribution < -0.4 is 5.32 Å². The number of benzene rings is 1. The second kappa shape index (κ2) is 5.74. The zero-order chi connectivity index (χ0) is 13.0. The first-order valence-electron chi connectivity index (χ1n) is 6.41. The number of hydrogen-bond acceptors (Lipinski definition) is 1. The van der Waals surface area contributed by atoms with E-state index in [-0.39, 0.29) is 12.5 Å². The molecular weight excluding hydrogens is 239 g/mol. The van der Waals surface area contributed by atoms with Gasteiger partial charge in [0.05, 0.1) is 0 Å². The van der Waals surface area contributed by atoms with Gasteiger partial charge >= 0.3 is 6.18 Å². The van der Waals surface area contributed by atoms with Gasteiger partial charge in [-0.3, -0.25) is 0 Å². The van der Waals surface area contributed by atoms with E-state index in [4.69, 9.17) is 0 Å². The molecule has 0 aliphatic heterocycles. The minimum Gasteiger partial charge on any atom is -0.310 e. The predicted molar refractivity (Wildman–Crippen MR) is 65.2 cm³/mol. The van der Waals surface area contributed by atoms with E-state index in [9.17, 15) is 13.2 Å². The van der Waals surface area contributed by atoms with Crippen LogP contribution >= 0.6 is 0 Å². The molecule has 18 heavy (non-hydrogen) atoms. The summed E-state index contributed by atoms with van der Waals surface area (Å²) in [6, 6.07) is 10.2. The predicted octanol–water partition coefficient (Wildman–Crippen LogP) is 4.07. The van der Waals surface area contributed by atoms with Gasteiger partial charge in [-0.2, -0.15) is 13.2 Å². The first kappa shape index (κ1) is 13.4. The monoisotopic (exact) mass is 257 g/mol. The number of rotatable bonds is 6. The van der Waals surface area contributed by atoms with Crippen molar-refractivity contribution in [3.8, 4) is 0 Å². The zero-order valence-electron chi connectivity index (χ0n) is 10.2. The van der Waals surface area contributed by atoms with E-state index in [0.717, 1.165) is 0 Å². The lowest BCUT2D eigenvalue weighted by Crippen LogP contribution is -2.25. The minimum atomic E-state index is -4.04. The third kappa shape index (κ3) is 4.33. The molecule has 0 bridgehead atoms. The van der Waals surface area contributed by atoms with Crippen molar-refractivity contribution in [2.75, 3.05) is 6.54 Å². The molecule has 0 saturated heterocycles. The highest BCUT2D eigenvalue weighted by atomic mass is 19.4. The van der Waals surface area contributed by atoms with Crippen LogP contribution in [0.3, 0.4) is 0 Å². The Hall–Kier alpha value is -1.03. The van der Waals surface area contributed by atoms with Crippen molar-refractivity contribution < 1.29 is 13.2 Å². The minimum absolute atomic E-state index is 0.152. The van der Waals surface area contributed by atoms with Gasteiger partial charge in [0.25, 0.3) is 0 Å². The highest BCUT2D eigenvalue weighted by Crippen LogP contribution is 2.40. The topological polar surface area (TPSA) is 12.0 Å². The summed E-state index contributed by atoms with van der Waals surface area (Å²) < 4.78 is 36.1. The quantitative estimate of drug-likeness (QED) is 0.757. The lowest BCUT2D eigenvalue weighted by Gasteiger charge is -2.19. The van der Waals surface area contributed by atoms with Crippen molar-refractivity contribution in [1.29, 1.82) is 0 Å². The molecule has 1 aliphatic rings. The van der Waals surface area contributed by atoms with Gasteiger partial charge in [0.1, 0.15) is 0 Å². The van der Waals surface area contributed by atoms with Crippen molar-refractivity contribution in [3.05, 3.63) is 35.9 Å². The third-order valence-electron chi connectivity index (χ3n) is 3.25. The van der Waals surface area contributed by atoms with Gasteiger partial charge in [-0.05, 0) is 37.3 Å². The van der Waals surface area contributed by atoms with Crippen LogP contribution in [-0.4, -0.2) is 12.7 Å². The zero-order valence-corrected chi connectivity index (χ0v) is 10.2. The first-order valence-corrected chi connectivity index (χ1v) is 6.41. The summed E-state index contributed by atoms with van der Waals surface area (Å²) in [4.78, 5) is 0. The molecule has 1 N–H and O–H groups in total. The van der Waals surface area contributed by atoms with E-state index in [1.165, 1.54) is 18.4 Å². The summed E-state index contributed by atoms with van der Waals surface area (Å²) >= 11 is 0. The maximum atomic E-state index is 12.0. The highest BCUT2D eigenvalue weighted by Gasteiger charge is 2.32. The maximum absolute atomic E-state index is 12.0. The molecule has 1 saturated carbocycles. The van der Waals surface area contributed by atoms with Gasteiger partial charge in [-0.15, -0.1) is 0 Å². The molecule has 0 spiro atoms. The Labute approximate surface area is 105 Å².